The van der Waals surface area contributed by atoms with Crippen LogP contribution in [0.15, 0.2) is 73.2 Å². The SMILES string of the molecule is N#Cc1cc(C(=O)N2CCC(c3ccc(C(=O)NCc4ccn5ccnc5c4)cc3)CC2)ccc1F. The van der Waals surface area contributed by atoms with Crippen molar-refractivity contribution >= 4 is 17.5 Å². The number of pyridine rings is 1. The van der Waals surface area contributed by atoms with Gasteiger partial charge < -0.3 is 14.6 Å². The van der Waals surface area contributed by atoms with Crippen LogP contribution in [0.25, 0.3) is 5.65 Å². The molecule has 0 saturated carbocycles. The lowest BCUT2D eigenvalue weighted by molar-refractivity contribution is 0.0712. The van der Waals surface area contributed by atoms with E-state index in [0.717, 1.165) is 35.7 Å². The number of piperidine rings is 1. The van der Waals surface area contributed by atoms with Gasteiger partial charge >= 0.3 is 0 Å². The molecule has 1 fully saturated rings. The summed E-state index contributed by atoms with van der Waals surface area (Å²) in [4.78, 5) is 31.4. The predicted octanol–water partition coefficient (Wildman–Crippen LogP) is 4.29. The van der Waals surface area contributed by atoms with E-state index in [1.807, 2.05) is 53.2 Å². The lowest BCUT2D eigenvalue weighted by atomic mass is 9.88. The van der Waals surface area contributed by atoms with E-state index in [1.54, 1.807) is 17.2 Å². The molecule has 36 heavy (non-hydrogen) atoms. The van der Waals surface area contributed by atoms with Gasteiger partial charge in [0, 0.05) is 49.4 Å². The molecule has 2 amide bonds. The Hall–Kier alpha value is -4.51. The smallest absolute Gasteiger partial charge is 0.253 e. The summed E-state index contributed by atoms with van der Waals surface area (Å²) in [6, 6.07) is 17.2. The fraction of sp³-hybridized carbons (Fsp3) is 0.214. The zero-order valence-corrected chi connectivity index (χ0v) is 19.5. The van der Waals surface area contributed by atoms with E-state index in [9.17, 15) is 14.0 Å². The number of nitriles is 1. The second kappa shape index (κ2) is 10.0. The van der Waals surface area contributed by atoms with E-state index in [-0.39, 0.29) is 23.3 Å². The Morgan fingerprint density at radius 3 is 2.53 bits per heavy atom. The van der Waals surface area contributed by atoms with Gasteiger partial charge in [0.05, 0.1) is 5.56 Å². The summed E-state index contributed by atoms with van der Waals surface area (Å²) in [6.07, 6.45) is 7.11. The highest BCUT2D eigenvalue weighted by molar-refractivity contribution is 5.95. The summed E-state index contributed by atoms with van der Waals surface area (Å²) in [6.45, 7) is 1.57. The molecule has 180 valence electrons. The van der Waals surface area contributed by atoms with E-state index < -0.39 is 5.82 Å². The van der Waals surface area contributed by atoms with Crippen molar-refractivity contribution in [2.24, 2.45) is 0 Å². The number of hydrogen-bond donors (Lipinski definition) is 1. The first kappa shape index (κ1) is 23.2. The number of halogens is 1. The molecule has 1 N–H and O–H groups in total. The highest BCUT2D eigenvalue weighted by atomic mass is 19.1. The molecule has 0 bridgehead atoms. The molecular weight excluding hydrogens is 457 g/mol. The van der Waals surface area contributed by atoms with Crippen molar-refractivity contribution in [1.29, 1.82) is 5.26 Å². The molecule has 1 aliphatic rings. The van der Waals surface area contributed by atoms with Crippen LogP contribution in [0.4, 0.5) is 4.39 Å². The third-order valence-electron chi connectivity index (χ3n) is 6.68. The standard InChI is InChI=1S/C28H24FN5O2/c29-25-6-5-23(16-24(25)17-30)28(36)34-12-8-21(9-13-34)20-1-3-22(4-2-20)27(35)32-18-19-7-11-33-14-10-31-26(33)15-19/h1-7,10-11,14-16,21H,8-9,12-13,18H2,(H,32,35). The maximum Gasteiger partial charge on any atom is 0.253 e. The number of nitrogens with zero attached hydrogens (tertiary/aromatic N) is 4. The normalized spacial score (nSPS) is 13.9. The number of carbonyl (C=O) groups excluding carboxylic acids is 2. The second-order valence-corrected chi connectivity index (χ2v) is 8.91. The van der Waals surface area contributed by atoms with Gasteiger partial charge in [-0.1, -0.05) is 12.1 Å². The second-order valence-electron chi connectivity index (χ2n) is 8.91. The Morgan fingerprint density at radius 1 is 1.03 bits per heavy atom. The largest absolute Gasteiger partial charge is 0.348 e. The minimum atomic E-state index is -0.624. The highest BCUT2D eigenvalue weighted by Gasteiger charge is 2.25. The molecule has 1 saturated heterocycles. The summed E-state index contributed by atoms with van der Waals surface area (Å²) in [5.74, 6) is -0.666. The number of benzene rings is 2. The van der Waals surface area contributed by atoms with Gasteiger partial charge in [-0.2, -0.15) is 5.26 Å². The van der Waals surface area contributed by atoms with Gasteiger partial charge in [0.2, 0.25) is 0 Å². The average Bonchev–Trinajstić information content (AvgIpc) is 3.40. The van der Waals surface area contributed by atoms with Gasteiger partial charge in [0.1, 0.15) is 17.5 Å². The van der Waals surface area contributed by atoms with Gasteiger partial charge in [0.25, 0.3) is 11.8 Å². The Labute approximate surface area is 207 Å². The first-order chi connectivity index (χ1) is 17.5. The number of hydrogen-bond acceptors (Lipinski definition) is 4. The minimum absolute atomic E-state index is 0.126. The Bertz CT molecular complexity index is 1460. The van der Waals surface area contributed by atoms with E-state index in [4.69, 9.17) is 5.26 Å². The van der Waals surface area contributed by atoms with Crippen LogP contribution in [0, 0.1) is 17.1 Å². The molecule has 0 spiro atoms. The summed E-state index contributed by atoms with van der Waals surface area (Å²) >= 11 is 0. The van der Waals surface area contributed by atoms with Crippen LogP contribution in [0.3, 0.4) is 0 Å². The number of aromatic nitrogens is 2. The van der Waals surface area contributed by atoms with Crippen LogP contribution in [-0.4, -0.2) is 39.2 Å². The first-order valence-electron chi connectivity index (χ1n) is 11.8. The fourth-order valence-corrected chi connectivity index (χ4v) is 4.60. The maximum absolute atomic E-state index is 13.6. The Kier molecular flexibility index (Phi) is 6.46. The minimum Gasteiger partial charge on any atom is -0.348 e. The monoisotopic (exact) mass is 481 g/mol. The predicted molar refractivity (Wildman–Crippen MR) is 132 cm³/mol. The van der Waals surface area contributed by atoms with Gasteiger partial charge in [-0.05, 0) is 72.4 Å². The topological polar surface area (TPSA) is 90.5 Å². The van der Waals surface area contributed by atoms with Crippen LogP contribution in [0.5, 0.6) is 0 Å². The zero-order chi connectivity index (χ0) is 25.1. The van der Waals surface area contributed by atoms with Crippen LogP contribution in [0.1, 0.15) is 56.2 Å². The molecule has 0 aliphatic carbocycles. The van der Waals surface area contributed by atoms with E-state index in [2.05, 4.69) is 10.3 Å². The number of likely N-dealkylation sites (tertiary alicyclic amines) is 1. The quantitative estimate of drug-likeness (QED) is 0.460. The average molecular weight is 482 g/mol. The van der Waals surface area contributed by atoms with Crippen LogP contribution in [-0.2, 0) is 6.54 Å². The van der Waals surface area contributed by atoms with Crippen LogP contribution in [0.2, 0.25) is 0 Å². The molecule has 5 rings (SSSR count). The first-order valence-corrected chi connectivity index (χ1v) is 11.8. The van der Waals surface area contributed by atoms with Crippen molar-refractivity contribution in [2.45, 2.75) is 25.3 Å². The van der Waals surface area contributed by atoms with Gasteiger partial charge in [-0.25, -0.2) is 9.37 Å². The van der Waals surface area contributed by atoms with Gasteiger partial charge in [0.15, 0.2) is 0 Å². The van der Waals surface area contributed by atoms with E-state index in [0.29, 0.717) is 30.8 Å². The fourth-order valence-electron chi connectivity index (χ4n) is 4.60. The third kappa shape index (κ3) is 4.82. The lowest BCUT2D eigenvalue weighted by Crippen LogP contribution is -2.38. The van der Waals surface area contributed by atoms with Crippen molar-refractivity contribution in [3.63, 3.8) is 0 Å². The number of amides is 2. The summed E-state index contributed by atoms with van der Waals surface area (Å²) in [5, 5.41) is 12.0. The molecule has 0 atom stereocenters. The van der Waals surface area contributed by atoms with Crippen molar-refractivity contribution in [1.82, 2.24) is 19.6 Å². The van der Waals surface area contributed by atoms with Gasteiger partial charge in [-0.3, -0.25) is 9.59 Å². The number of rotatable bonds is 5. The number of carbonyl (C=O) groups is 2. The third-order valence-corrected chi connectivity index (χ3v) is 6.68. The molecule has 0 unspecified atom stereocenters. The molecule has 1 aliphatic heterocycles. The van der Waals surface area contributed by atoms with Crippen molar-refractivity contribution in [3.8, 4) is 6.07 Å². The van der Waals surface area contributed by atoms with Crippen molar-refractivity contribution < 1.29 is 14.0 Å². The molecule has 3 heterocycles. The lowest BCUT2D eigenvalue weighted by Gasteiger charge is -2.32. The highest BCUT2D eigenvalue weighted by Crippen LogP contribution is 2.29. The molecule has 4 aromatic rings. The van der Waals surface area contributed by atoms with Crippen LogP contribution < -0.4 is 5.32 Å². The summed E-state index contributed by atoms with van der Waals surface area (Å²) in [7, 11) is 0. The molecular formula is C28H24FN5O2. The number of nitrogens with one attached hydrogen (secondary N) is 1. The molecule has 2 aromatic heterocycles. The van der Waals surface area contributed by atoms with Crippen molar-refractivity contribution in [2.75, 3.05) is 13.1 Å². The summed E-state index contributed by atoms with van der Waals surface area (Å²) in [5.41, 5.74) is 3.74. The Balaban J connectivity index is 1.15. The maximum atomic E-state index is 13.6. The molecule has 7 nitrogen and oxygen atoms in total. The van der Waals surface area contributed by atoms with Crippen LogP contribution >= 0.6 is 0 Å². The van der Waals surface area contributed by atoms with E-state index in [1.165, 1.54) is 12.1 Å². The summed E-state index contributed by atoms with van der Waals surface area (Å²) < 4.78 is 15.5. The molecule has 2 aromatic carbocycles. The Morgan fingerprint density at radius 2 is 1.78 bits per heavy atom. The molecule has 0 radical (unpaired) electrons. The zero-order valence-electron chi connectivity index (χ0n) is 19.5. The van der Waals surface area contributed by atoms with E-state index >= 15 is 0 Å². The number of imidazole rings is 1. The van der Waals surface area contributed by atoms with Crippen molar-refractivity contribution in [3.05, 3.63) is 107 Å². The molecule has 8 heteroatoms. The number of fused-ring (bicyclic) bond motifs is 1. The van der Waals surface area contributed by atoms with Gasteiger partial charge in [-0.15, -0.1) is 0 Å².